The Morgan fingerprint density at radius 2 is 1.77 bits per heavy atom. The minimum atomic E-state index is -0.432. The molecule has 1 aliphatic carbocycles. The van der Waals surface area contributed by atoms with Crippen LogP contribution in [0.1, 0.15) is 55.7 Å². The van der Waals surface area contributed by atoms with Crippen LogP contribution in [0.15, 0.2) is 47.5 Å². The topological polar surface area (TPSA) is 61.8 Å². The number of nitrogens with one attached hydrogen (secondary N) is 1. The van der Waals surface area contributed by atoms with E-state index in [1.165, 1.54) is 17.3 Å². The highest BCUT2D eigenvalue weighted by Crippen LogP contribution is 2.39. The highest BCUT2D eigenvalue weighted by molar-refractivity contribution is 8.15. The van der Waals surface area contributed by atoms with Crippen LogP contribution >= 0.6 is 11.8 Å². The Kier molecular flexibility index (Phi) is 6.19. The molecule has 2 fully saturated rings. The number of aliphatic imine (C=N–C) groups is 1. The summed E-state index contributed by atoms with van der Waals surface area (Å²) in [5, 5.41) is 3.29. The molecule has 0 bridgehead atoms. The third-order valence-electron chi connectivity index (χ3n) is 5.78. The van der Waals surface area contributed by atoms with Gasteiger partial charge in [0.2, 0.25) is 11.8 Å². The summed E-state index contributed by atoms with van der Waals surface area (Å²) >= 11 is 1.41. The van der Waals surface area contributed by atoms with Crippen molar-refractivity contribution in [1.82, 2.24) is 4.90 Å². The zero-order valence-corrected chi connectivity index (χ0v) is 19.3. The van der Waals surface area contributed by atoms with Crippen LogP contribution in [0.5, 0.6) is 0 Å². The number of amidine groups is 1. The van der Waals surface area contributed by atoms with Crippen molar-refractivity contribution >= 4 is 40.1 Å². The molecule has 1 aliphatic heterocycles. The lowest BCUT2D eigenvalue weighted by Gasteiger charge is -2.15. The summed E-state index contributed by atoms with van der Waals surface area (Å²) in [5.74, 6) is 0.329. The lowest BCUT2D eigenvalue weighted by atomic mass is 10.0. The van der Waals surface area contributed by atoms with E-state index in [-0.39, 0.29) is 24.3 Å². The minimum Gasteiger partial charge on any atom is -0.326 e. The van der Waals surface area contributed by atoms with Gasteiger partial charge in [-0.3, -0.25) is 14.5 Å². The number of hydrogen-bond donors (Lipinski definition) is 1. The largest absolute Gasteiger partial charge is 0.326 e. The average molecular weight is 436 g/mol. The van der Waals surface area contributed by atoms with E-state index < -0.39 is 5.25 Å². The van der Waals surface area contributed by atoms with Crippen molar-refractivity contribution in [3.8, 4) is 0 Å². The van der Waals surface area contributed by atoms with Crippen molar-refractivity contribution in [2.45, 2.75) is 64.2 Å². The van der Waals surface area contributed by atoms with E-state index in [2.05, 4.69) is 31.3 Å². The van der Waals surface area contributed by atoms with Gasteiger partial charge in [-0.25, -0.2) is 4.99 Å². The fraction of sp³-hybridized carbons (Fsp3) is 0.400. The third kappa shape index (κ3) is 4.85. The van der Waals surface area contributed by atoms with E-state index in [0.29, 0.717) is 5.92 Å². The van der Waals surface area contributed by atoms with Crippen LogP contribution in [0.2, 0.25) is 0 Å². The number of amides is 2. The van der Waals surface area contributed by atoms with Gasteiger partial charge in [0.25, 0.3) is 0 Å². The van der Waals surface area contributed by atoms with Crippen molar-refractivity contribution in [3.05, 3.63) is 59.2 Å². The zero-order chi connectivity index (χ0) is 22.1. The predicted octanol–water partition coefficient (Wildman–Crippen LogP) is 5.55. The summed E-state index contributed by atoms with van der Waals surface area (Å²) in [6.07, 6.45) is 2.14. The van der Waals surface area contributed by atoms with Gasteiger partial charge in [0.15, 0.2) is 5.17 Å². The SMILES string of the molecule is Cc1cccc(C)c1NC(=O)CC1SC(=Nc2ccc(C(C)C)cc2)N(C2CC2)C1=O. The van der Waals surface area contributed by atoms with Crippen molar-refractivity contribution < 1.29 is 9.59 Å². The molecule has 1 unspecified atom stereocenters. The number of thioether (sulfide) groups is 1. The number of para-hydroxylation sites is 1. The summed E-state index contributed by atoms with van der Waals surface area (Å²) in [6.45, 7) is 8.27. The van der Waals surface area contributed by atoms with Gasteiger partial charge < -0.3 is 5.32 Å². The molecule has 0 aromatic heterocycles. The summed E-state index contributed by atoms with van der Waals surface area (Å²) < 4.78 is 0. The van der Waals surface area contributed by atoms with E-state index in [9.17, 15) is 9.59 Å². The molecule has 1 N–H and O–H groups in total. The first-order valence-corrected chi connectivity index (χ1v) is 11.8. The standard InChI is InChI=1S/C25H29N3O2S/c1-15(2)18-8-10-19(11-9-18)26-25-28(20-12-13-20)24(30)21(31-25)14-22(29)27-23-16(3)6-5-7-17(23)4/h5-11,15,20-21H,12-14H2,1-4H3,(H,27,29). The van der Waals surface area contributed by atoms with E-state index in [4.69, 9.17) is 4.99 Å². The van der Waals surface area contributed by atoms with Crippen LogP contribution in [-0.4, -0.2) is 33.2 Å². The molecule has 162 valence electrons. The lowest BCUT2D eigenvalue weighted by Crippen LogP contribution is -2.35. The summed E-state index contributed by atoms with van der Waals surface area (Å²) in [4.78, 5) is 32.4. The number of benzene rings is 2. The van der Waals surface area contributed by atoms with Gasteiger partial charge in [-0.15, -0.1) is 0 Å². The summed E-state index contributed by atoms with van der Waals surface area (Å²) in [5.41, 5.74) is 4.97. The molecule has 1 saturated heterocycles. The first kappa shape index (κ1) is 21.6. The Bertz CT molecular complexity index is 1010. The molecule has 0 radical (unpaired) electrons. The molecule has 0 spiro atoms. The van der Waals surface area contributed by atoms with Gasteiger partial charge in [0.05, 0.1) is 5.69 Å². The van der Waals surface area contributed by atoms with Crippen molar-refractivity contribution in [2.24, 2.45) is 4.99 Å². The number of nitrogens with zero attached hydrogens (tertiary/aromatic N) is 2. The van der Waals surface area contributed by atoms with E-state index >= 15 is 0 Å². The second kappa shape index (κ2) is 8.87. The summed E-state index contributed by atoms with van der Waals surface area (Å²) in [7, 11) is 0. The molecule has 6 heteroatoms. The molecule has 2 amide bonds. The van der Waals surface area contributed by atoms with Gasteiger partial charge in [0.1, 0.15) is 5.25 Å². The Morgan fingerprint density at radius 3 is 2.35 bits per heavy atom. The Hall–Kier alpha value is -2.60. The van der Waals surface area contributed by atoms with Gasteiger partial charge in [0, 0.05) is 18.2 Å². The van der Waals surface area contributed by atoms with Crippen LogP contribution < -0.4 is 5.32 Å². The maximum absolute atomic E-state index is 13.1. The molecule has 31 heavy (non-hydrogen) atoms. The molecule has 1 heterocycles. The van der Waals surface area contributed by atoms with Crippen molar-refractivity contribution in [1.29, 1.82) is 0 Å². The van der Waals surface area contributed by atoms with Gasteiger partial charge in [-0.05, 0) is 61.4 Å². The maximum atomic E-state index is 13.1. The van der Waals surface area contributed by atoms with Crippen molar-refractivity contribution in [3.63, 3.8) is 0 Å². The highest BCUT2D eigenvalue weighted by Gasteiger charge is 2.46. The second-order valence-corrected chi connectivity index (χ2v) is 9.88. The molecule has 2 aliphatic rings. The Labute approximate surface area is 188 Å². The number of carbonyl (C=O) groups is 2. The quantitative estimate of drug-likeness (QED) is 0.647. The molecule has 5 nitrogen and oxygen atoms in total. The molecule has 2 aromatic rings. The first-order valence-electron chi connectivity index (χ1n) is 10.9. The first-order chi connectivity index (χ1) is 14.8. The highest BCUT2D eigenvalue weighted by atomic mass is 32.2. The van der Waals surface area contributed by atoms with Crippen LogP contribution in [0.3, 0.4) is 0 Å². The third-order valence-corrected chi connectivity index (χ3v) is 6.93. The Morgan fingerprint density at radius 1 is 1.13 bits per heavy atom. The van der Waals surface area contributed by atoms with Crippen molar-refractivity contribution in [2.75, 3.05) is 5.32 Å². The fourth-order valence-corrected chi connectivity index (χ4v) is 4.99. The van der Waals surface area contributed by atoms with Crippen LogP contribution in [0.25, 0.3) is 0 Å². The molecule has 1 atom stereocenters. The molecule has 1 saturated carbocycles. The van der Waals surface area contributed by atoms with Crippen LogP contribution in [0.4, 0.5) is 11.4 Å². The zero-order valence-electron chi connectivity index (χ0n) is 18.5. The van der Waals surface area contributed by atoms with Gasteiger partial charge >= 0.3 is 0 Å². The van der Waals surface area contributed by atoms with E-state index in [1.807, 2.05) is 49.1 Å². The van der Waals surface area contributed by atoms with E-state index in [0.717, 1.165) is 40.5 Å². The maximum Gasteiger partial charge on any atom is 0.242 e. The fourth-order valence-electron chi connectivity index (χ4n) is 3.78. The van der Waals surface area contributed by atoms with Gasteiger partial charge in [-0.1, -0.05) is 55.9 Å². The predicted molar refractivity (Wildman–Crippen MR) is 128 cm³/mol. The Balaban J connectivity index is 1.49. The average Bonchev–Trinajstić information content (AvgIpc) is 3.51. The second-order valence-electron chi connectivity index (χ2n) is 8.71. The monoisotopic (exact) mass is 435 g/mol. The molecule has 2 aromatic carbocycles. The number of rotatable bonds is 6. The number of hydrogen-bond acceptors (Lipinski definition) is 4. The number of carbonyl (C=O) groups excluding carboxylic acids is 2. The molecule has 4 rings (SSSR count). The number of anilines is 1. The minimum absolute atomic E-state index is 0.00158. The molecular weight excluding hydrogens is 406 g/mol. The molecular formula is C25H29N3O2S. The smallest absolute Gasteiger partial charge is 0.242 e. The lowest BCUT2D eigenvalue weighted by molar-refractivity contribution is -0.128. The normalized spacial score (nSPS) is 20.0. The van der Waals surface area contributed by atoms with Gasteiger partial charge in [-0.2, -0.15) is 0 Å². The number of aryl methyl sites for hydroxylation is 2. The van der Waals surface area contributed by atoms with Crippen LogP contribution in [-0.2, 0) is 9.59 Å². The van der Waals surface area contributed by atoms with Crippen LogP contribution in [0, 0.1) is 13.8 Å². The summed E-state index contributed by atoms with van der Waals surface area (Å²) in [6, 6.07) is 14.3. The van der Waals surface area contributed by atoms with E-state index in [1.54, 1.807) is 0 Å².